The maximum Gasteiger partial charge on any atom is 0.387 e. The van der Waals surface area contributed by atoms with Crippen LogP contribution >= 0.6 is 0 Å². The Morgan fingerprint density at radius 3 is 2.46 bits per heavy atom. The van der Waals surface area contributed by atoms with Crippen LogP contribution in [0.1, 0.15) is 15.9 Å². The van der Waals surface area contributed by atoms with Crippen molar-refractivity contribution in [1.82, 2.24) is 4.90 Å². The van der Waals surface area contributed by atoms with E-state index in [1.165, 1.54) is 48.3 Å². The number of nitrogens with zero attached hydrogens (tertiary/aromatic N) is 1. The van der Waals surface area contributed by atoms with Crippen molar-refractivity contribution < 1.29 is 33.0 Å². The first kappa shape index (κ1) is 19.2. The summed E-state index contributed by atoms with van der Waals surface area (Å²) in [5.41, 5.74) is 0.830. The quantitative estimate of drug-likeness (QED) is 0.764. The molecule has 0 aliphatic rings. The fourth-order valence-electron chi connectivity index (χ4n) is 2.09. The molecular formula is C18H17F2NO5. The van der Waals surface area contributed by atoms with Crippen LogP contribution in [0.5, 0.6) is 11.5 Å². The minimum atomic E-state index is -2.90. The SMILES string of the molecule is CN(Cc1ccc(OC(F)F)cc1)C(=O)COC(=O)c1cccc(O)c1. The lowest BCUT2D eigenvalue weighted by molar-refractivity contribution is -0.133. The summed E-state index contributed by atoms with van der Waals surface area (Å²) >= 11 is 0. The number of phenolic OH excluding ortho intramolecular Hbond substituents is 1. The lowest BCUT2D eigenvalue weighted by atomic mass is 10.2. The van der Waals surface area contributed by atoms with E-state index >= 15 is 0 Å². The van der Waals surface area contributed by atoms with E-state index in [0.29, 0.717) is 5.56 Å². The maximum absolute atomic E-state index is 12.1. The molecule has 0 saturated heterocycles. The van der Waals surface area contributed by atoms with E-state index in [4.69, 9.17) is 4.74 Å². The van der Waals surface area contributed by atoms with Gasteiger partial charge in [0.2, 0.25) is 0 Å². The normalized spacial score (nSPS) is 10.5. The molecule has 6 nitrogen and oxygen atoms in total. The third kappa shape index (κ3) is 5.73. The zero-order chi connectivity index (χ0) is 19.1. The molecule has 0 aromatic heterocycles. The Morgan fingerprint density at radius 2 is 1.85 bits per heavy atom. The summed E-state index contributed by atoms with van der Waals surface area (Å²) in [6.07, 6.45) is 0. The van der Waals surface area contributed by atoms with Gasteiger partial charge >= 0.3 is 12.6 Å². The van der Waals surface area contributed by atoms with Crippen molar-refractivity contribution in [1.29, 1.82) is 0 Å². The molecule has 26 heavy (non-hydrogen) atoms. The summed E-state index contributed by atoms with van der Waals surface area (Å²) in [6, 6.07) is 11.5. The smallest absolute Gasteiger partial charge is 0.387 e. The van der Waals surface area contributed by atoms with Crippen molar-refractivity contribution in [3.63, 3.8) is 0 Å². The molecule has 2 rings (SSSR count). The molecule has 0 fully saturated rings. The van der Waals surface area contributed by atoms with E-state index in [9.17, 15) is 23.5 Å². The number of alkyl halides is 2. The van der Waals surface area contributed by atoms with Crippen LogP contribution < -0.4 is 4.74 Å². The Morgan fingerprint density at radius 1 is 1.15 bits per heavy atom. The Balaban J connectivity index is 1.84. The fraction of sp³-hybridized carbons (Fsp3) is 0.222. The monoisotopic (exact) mass is 365 g/mol. The summed E-state index contributed by atoms with van der Waals surface area (Å²) in [5.74, 6) is -1.22. The predicted octanol–water partition coefficient (Wildman–Crippen LogP) is 2.81. The molecule has 1 N–H and O–H groups in total. The van der Waals surface area contributed by atoms with Gasteiger partial charge in [-0.15, -0.1) is 0 Å². The lowest BCUT2D eigenvalue weighted by Gasteiger charge is -2.17. The molecule has 138 valence electrons. The highest BCUT2D eigenvalue weighted by Crippen LogP contribution is 2.16. The van der Waals surface area contributed by atoms with Crippen LogP contribution in [0.4, 0.5) is 8.78 Å². The molecule has 0 aliphatic carbocycles. The number of benzene rings is 2. The van der Waals surface area contributed by atoms with Gasteiger partial charge in [0, 0.05) is 13.6 Å². The van der Waals surface area contributed by atoms with Gasteiger partial charge in [-0.2, -0.15) is 8.78 Å². The van der Waals surface area contributed by atoms with Crippen molar-refractivity contribution in [2.75, 3.05) is 13.7 Å². The van der Waals surface area contributed by atoms with Crippen molar-refractivity contribution >= 4 is 11.9 Å². The lowest BCUT2D eigenvalue weighted by Crippen LogP contribution is -2.30. The molecule has 0 bridgehead atoms. The molecule has 2 aromatic carbocycles. The van der Waals surface area contributed by atoms with Gasteiger partial charge in [-0.3, -0.25) is 4.79 Å². The third-order valence-electron chi connectivity index (χ3n) is 3.40. The number of aromatic hydroxyl groups is 1. The topological polar surface area (TPSA) is 76.1 Å². The van der Waals surface area contributed by atoms with E-state index in [1.807, 2.05) is 0 Å². The molecule has 0 heterocycles. The Labute approximate surface area is 148 Å². The van der Waals surface area contributed by atoms with Crippen LogP contribution in [0.3, 0.4) is 0 Å². The maximum atomic E-state index is 12.1. The van der Waals surface area contributed by atoms with Crippen LogP contribution in [-0.4, -0.2) is 42.1 Å². The minimum absolute atomic E-state index is 0.0257. The molecule has 0 spiro atoms. The van der Waals surface area contributed by atoms with Gasteiger partial charge in [-0.25, -0.2) is 4.79 Å². The molecular weight excluding hydrogens is 348 g/mol. The summed E-state index contributed by atoms with van der Waals surface area (Å²) in [4.78, 5) is 25.2. The molecule has 0 radical (unpaired) electrons. The molecule has 1 amide bonds. The number of phenols is 1. The average molecular weight is 365 g/mol. The standard InChI is InChI=1S/C18H17F2NO5/c1-21(10-12-5-7-15(8-6-12)26-18(19)20)16(23)11-25-17(24)13-3-2-4-14(22)9-13/h2-9,18,22H,10-11H2,1H3. The van der Waals surface area contributed by atoms with Gasteiger partial charge in [0.05, 0.1) is 5.56 Å². The van der Waals surface area contributed by atoms with E-state index < -0.39 is 25.1 Å². The minimum Gasteiger partial charge on any atom is -0.508 e. The second kappa shape index (κ2) is 8.80. The molecule has 8 heteroatoms. The van der Waals surface area contributed by atoms with Gasteiger partial charge in [-0.05, 0) is 35.9 Å². The van der Waals surface area contributed by atoms with Crippen LogP contribution in [0.25, 0.3) is 0 Å². The number of esters is 1. The van der Waals surface area contributed by atoms with Crippen LogP contribution in [0.15, 0.2) is 48.5 Å². The predicted molar refractivity (Wildman–Crippen MR) is 87.9 cm³/mol. The number of carbonyl (C=O) groups excluding carboxylic acids is 2. The molecule has 0 atom stereocenters. The first-order chi connectivity index (χ1) is 12.3. The van der Waals surface area contributed by atoms with Gasteiger partial charge in [0.15, 0.2) is 6.61 Å². The van der Waals surface area contributed by atoms with Gasteiger partial charge < -0.3 is 19.5 Å². The first-order valence-corrected chi connectivity index (χ1v) is 7.59. The van der Waals surface area contributed by atoms with Crippen LogP contribution in [-0.2, 0) is 16.1 Å². The van der Waals surface area contributed by atoms with E-state index in [0.717, 1.165) is 0 Å². The third-order valence-corrected chi connectivity index (χ3v) is 3.40. The summed E-state index contributed by atoms with van der Waals surface area (Å²) in [6.45, 7) is -3.15. The van der Waals surface area contributed by atoms with Crippen molar-refractivity contribution in [2.45, 2.75) is 13.2 Å². The zero-order valence-corrected chi connectivity index (χ0v) is 13.9. The highest BCUT2D eigenvalue weighted by Gasteiger charge is 2.14. The number of rotatable bonds is 7. The van der Waals surface area contributed by atoms with Gasteiger partial charge in [0.1, 0.15) is 11.5 Å². The largest absolute Gasteiger partial charge is 0.508 e. The molecule has 0 saturated carbocycles. The highest BCUT2D eigenvalue weighted by molar-refractivity contribution is 5.91. The number of hydrogen-bond donors (Lipinski definition) is 1. The average Bonchev–Trinajstić information content (AvgIpc) is 2.60. The van der Waals surface area contributed by atoms with Crippen molar-refractivity contribution in [2.24, 2.45) is 0 Å². The summed E-state index contributed by atoms with van der Waals surface area (Å²) in [5, 5.41) is 9.33. The van der Waals surface area contributed by atoms with E-state index in [-0.39, 0.29) is 23.6 Å². The number of carbonyl (C=O) groups is 2. The summed E-state index contributed by atoms with van der Waals surface area (Å²) in [7, 11) is 1.52. The number of amides is 1. The number of halogens is 2. The molecule has 0 aliphatic heterocycles. The van der Waals surface area contributed by atoms with Crippen molar-refractivity contribution in [3.8, 4) is 11.5 Å². The van der Waals surface area contributed by atoms with Crippen molar-refractivity contribution in [3.05, 3.63) is 59.7 Å². The Bertz CT molecular complexity index is 764. The number of hydrogen-bond acceptors (Lipinski definition) is 5. The first-order valence-electron chi connectivity index (χ1n) is 7.59. The second-order valence-corrected chi connectivity index (χ2v) is 5.40. The van der Waals surface area contributed by atoms with E-state index in [2.05, 4.69) is 4.74 Å². The highest BCUT2D eigenvalue weighted by atomic mass is 19.3. The second-order valence-electron chi connectivity index (χ2n) is 5.40. The zero-order valence-electron chi connectivity index (χ0n) is 13.9. The summed E-state index contributed by atoms with van der Waals surface area (Å²) < 4.78 is 33.4. The molecule has 0 unspecified atom stereocenters. The Kier molecular flexibility index (Phi) is 6.48. The number of ether oxygens (including phenoxy) is 2. The van der Waals surface area contributed by atoms with Gasteiger partial charge in [-0.1, -0.05) is 18.2 Å². The number of likely N-dealkylation sites (N-methyl/N-ethyl adjacent to an activating group) is 1. The molecule has 2 aromatic rings. The van der Waals surface area contributed by atoms with Gasteiger partial charge in [0.25, 0.3) is 5.91 Å². The van der Waals surface area contributed by atoms with Crippen LogP contribution in [0, 0.1) is 0 Å². The fourth-order valence-corrected chi connectivity index (χ4v) is 2.09. The van der Waals surface area contributed by atoms with Crippen LogP contribution in [0.2, 0.25) is 0 Å². The van der Waals surface area contributed by atoms with E-state index in [1.54, 1.807) is 12.1 Å². The Hall–Kier alpha value is -3.16.